The molecule has 0 amide bonds. The lowest BCUT2D eigenvalue weighted by molar-refractivity contribution is 0.0275. The Morgan fingerprint density at radius 1 is 1.43 bits per heavy atom. The first-order valence-electron chi connectivity index (χ1n) is 7.71. The van der Waals surface area contributed by atoms with E-state index in [1.165, 1.54) is 18.2 Å². The van der Waals surface area contributed by atoms with Gasteiger partial charge in [0.05, 0.1) is 12.1 Å². The highest BCUT2D eigenvalue weighted by Gasteiger charge is 2.23. The third-order valence-electron chi connectivity index (χ3n) is 4.37. The minimum Gasteiger partial charge on any atom is -0.459 e. The first-order valence-corrected chi connectivity index (χ1v) is 7.71. The summed E-state index contributed by atoms with van der Waals surface area (Å²) >= 11 is 0. The van der Waals surface area contributed by atoms with Gasteiger partial charge in [-0.15, -0.1) is 0 Å². The van der Waals surface area contributed by atoms with Gasteiger partial charge in [-0.05, 0) is 38.6 Å². The lowest BCUT2D eigenvalue weighted by Crippen LogP contribution is -2.43. The number of para-hydroxylation sites is 1. The van der Waals surface area contributed by atoms with E-state index in [-0.39, 0.29) is 6.04 Å². The lowest BCUT2D eigenvalue weighted by Gasteiger charge is -2.33. The van der Waals surface area contributed by atoms with E-state index >= 15 is 0 Å². The molecule has 4 heteroatoms. The molecule has 1 aliphatic heterocycles. The number of fused-ring (bicyclic) bond motifs is 1. The minimum absolute atomic E-state index is 0.216. The molecule has 0 saturated carbocycles. The van der Waals surface area contributed by atoms with E-state index in [0.717, 1.165) is 31.0 Å². The maximum Gasteiger partial charge on any atom is 0.134 e. The fraction of sp³-hybridized carbons (Fsp3) is 0.529. The van der Waals surface area contributed by atoms with Gasteiger partial charge >= 0.3 is 0 Å². The lowest BCUT2D eigenvalue weighted by atomic mass is 10.1. The third-order valence-corrected chi connectivity index (χ3v) is 4.37. The van der Waals surface area contributed by atoms with Gasteiger partial charge in [0.2, 0.25) is 0 Å². The molecule has 1 N–H and O–H groups in total. The summed E-state index contributed by atoms with van der Waals surface area (Å²) in [5.41, 5.74) is 0.959. The number of rotatable bonds is 5. The van der Waals surface area contributed by atoms with Crippen LogP contribution in [-0.2, 0) is 4.74 Å². The van der Waals surface area contributed by atoms with Crippen molar-refractivity contribution >= 4 is 11.0 Å². The van der Waals surface area contributed by atoms with E-state index in [0.29, 0.717) is 6.10 Å². The molecule has 0 aliphatic carbocycles. The zero-order chi connectivity index (χ0) is 14.7. The van der Waals surface area contributed by atoms with Crippen molar-refractivity contribution in [1.82, 2.24) is 10.2 Å². The highest BCUT2D eigenvalue weighted by atomic mass is 16.5. The number of piperidine rings is 1. The monoisotopic (exact) mass is 288 g/mol. The fourth-order valence-corrected chi connectivity index (χ4v) is 3.13. The van der Waals surface area contributed by atoms with Crippen LogP contribution in [0.25, 0.3) is 11.0 Å². The molecule has 2 aromatic rings. The summed E-state index contributed by atoms with van der Waals surface area (Å²) in [4.78, 5) is 2.46. The minimum atomic E-state index is 0.216. The fourth-order valence-electron chi connectivity index (χ4n) is 3.13. The van der Waals surface area contributed by atoms with Gasteiger partial charge in [-0.25, -0.2) is 0 Å². The Morgan fingerprint density at radius 2 is 2.29 bits per heavy atom. The summed E-state index contributed by atoms with van der Waals surface area (Å²) in [6.45, 7) is 3.10. The molecule has 1 aromatic carbocycles. The van der Waals surface area contributed by atoms with Gasteiger partial charge in [-0.3, -0.25) is 4.90 Å². The molecule has 1 fully saturated rings. The molecule has 1 saturated heterocycles. The Bertz CT molecular complexity index is 548. The van der Waals surface area contributed by atoms with E-state index in [9.17, 15) is 0 Å². The normalized spacial score (nSPS) is 21.7. The highest BCUT2D eigenvalue weighted by Crippen LogP contribution is 2.25. The van der Waals surface area contributed by atoms with Crippen LogP contribution in [0.15, 0.2) is 34.7 Å². The van der Waals surface area contributed by atoms with Crippen LogP contribution in [-0.4, -0.2) is 44.8 Å². The molecule has 2 unspecified atom stereocenters. The van der Waals surface area contributed by atoms with Crippen LogP contribution in [0.3, 0.4) is 0 Å². The number of likely N-dealkylation sites (N-methyl/N-ethyl adjacent to an activating group) is 1. The van der Waals surface area contributed by atoms with Crippen molar-refractivity contribution in [3.63, 3.8) is 0 Å². The quantitative estimate of drug-likeness (QED) is 0.918. The van der Waals surface area contributed by atoms with Gasteiger partial charge in [0, 0.05) is 25.6 Å². The Labute approximate surface area is 126 Å². The van der Waals surface area contributed by atoms with Crippen LogP contribution in [0.2, 0.25) is 0 Å². The summed E-state index contributed by atoms with van der Waals surface area (Å²) in [7, 11) is 3.80. The largest absolute Gasteiger partial charge is 0.459 e. The Hall–Kier alpha value is -1.36. The molecule has 1 aromatic heterocycles. The second-order valence-electron chi connectivity index (χ2n) is 5.79. The molecule has 114 valence electrons. The number of benzene rings is 1. The van der Waals surface area contributed by atoms with Crippen molar-refractivity contribution in [2.24, 2.45) is 0 Å². The predicted octanol–water partition coefficient (Wildman–Crippen LogP) is 2.80. The molecular weight excluding hydrogens is 264 g/mol. The summed E-state index contributed by atoms with van der Waals surface area (Å²) in [6.07, 6.45) is 2.74. The molecule has 3 rings (SSSR count). The number of nitrogens with one attached hydrogen (secondary N) is 1. The van der Waals surface area contributed by atoms with Gasteiger partial charge in [-0.1, -0.05) is 18.2 Å². The van der Waals surface area contributed by atoms with Crippen LogP contribution in [0.1, 0.15) is 24.6 Å². The maximum absolute atomic E-state index is 6.00. The van der Waals surface area contributed by atoms with Crippen LogP contribution in [0.5, 0.6) is 0 Å². The van der Waals surface area contributed by atoms with E-state index in [1.807, 2.05) is 32.4 Å². The van der Waals surface area contributed by atoms with Crippen molar-refractivity contribution in [2.75, 3.05) is 33.8 Å². The second kappa shape index (κ2) is 6.60. The maximum atomic E-state index is 6.00. The van der Waals surface area contributed by atoms with Crippen molar-refractivity contribution < 1.29 is 9.15 Å². The van der Waals surface area contributed by atoms with E-state index in [1.54, 1.807) is 0 Å². The second-order valence-corrected chi connectivity index (χ2v) is 5.79. The van der Waals surface area contributed by atoms with Crippen molar-refractivity contribution in [2.45, 2.75) is 25.0 Å². The van der Waals surface area contributed by atoms with Crippen molar-refractivity contribution in [3.8, 4) is 0 Å². The van der Waals surface area contributed by atoms with Crippen molar-refractivity contribution in [3.05, 3.63) is 36.1 Å². The smallest absolute Gasteiger partial charge is 0.134 e. The molecule has 0 bridgehead atoms. The number of nitrogens with zero attached hydrogens (tertiary/aromatic N) is 1. The molecule has 0 radical (unpaired) electrons. The van der Waals surface area contributed by atoms with Gasteiger partial charge < -0.3 is 14.5 Å². The van der Waals surface area contributed by atoms with Crippen LogP contribution in [0, 0.1) is 0 Å². The zero-order valence-corrected chi connectivity index (χ0v) is 12.8. The van der Waals surface area contributed by atoms with Crippen molar-refractivity contribution in [1.29, 1.82) is 0 Å². The molecule has 21 heavy (non-hydrogen) atoms. The summed E-state index contributed by atoms with van der Waals surface area (Å²) in [5.74, 6) is 1.01. The molecule has 2 atom stereocenters. The molecule has 2 heterocycles. The first-order chi connectivity index (χ1) is 10.3. The standard InChI is InChI=1S/C17H24N2O2/c1-18-15(12-19-9-5-7-14(11-19)20-2)17-10-13-6-3-4-8-16(13)21-17/h3-4,6,8,10,14-15,18H,5,7,9,11-12H2,1-2H3. The van der Waals surface area contributed by atoms with Gasteiger partial charge in [0.15, 0.2) is 0 Å². The number of hydrogen-bond donors (Lipinski definition) is 1. The number of hydrogen-bond acceptors (Lipinski definition) is 4. The first kappa shape index (κ1) is 14.6. The Kier molecular flexibility index (Phi) is 4.58. The van der Waals surface area contributed by atoms with Crippen LogP contribution >= 0.6 is 0 Å². The van der Waals surface area contributed by atoms with Gasteiger partial charge in [0.25, 0.3) is 0 Å². The Balaban J connectivity index is 1.72. The molecule has 4 nitrogen and oxygen atoms in total. The summed E-state index contributed by atoms with van der Waals surface area (Å²) in [5, 5.41) is 4.55. The molecule has 1 aliphatic rings. The van der Waals surface area contributed by atoms with Crippen LogP contribution in [0.4, 0.5) is 0 Å². The number of ether oxygens (including phenoxy) is 1. The average molecular weight is 288 g/mol. The topological polar surface area (TPSA) is 37.6 Å². The van der Waals surface area contributed by atoms with E-state index < -0.39 is 0 Å². The van der Waals surface area contributed by atoms with E-state index in [2.05, 4.69) is 22.3 Å². The number of likely N-dealkylation sites (tertiary alicyclic amines) is 1. The van der Waals surface area contributed by atoms with E-state index in [4.69, 9.17) is 9.15 Å². The average Bonchev–Trinajstić information content (AvgIpc) is 2.96. The zero-order valence-electron chi connectivity index (χ0n) is 12.8. The molecule has 0 spiro atoms. The summed E-state index contributed by atoms with van der Waals surface area (Å²) in [6, 6.07) is 10.5. The van der Waals surface area contributed by atoms with Gasteiger partial charge in [0.1, 0.15) is 11.3 Å². The SMILES string of the molecule is CNC(CN1CCCC(OC)C1)c1cc2ccccc2o1. The molecular formula is C17H24N2O2. The summed E-state index contributed by atoms with van der Waals surface area (Å²) < 4.78 is 11.5. The van der Waals surface area contributed by atoms with Crippen LogP contribution < -0.4 is 5.32 Å². The van der Waals surface area contributed by atoms with Gasteiger partial charge in [-0.2, -0.15) is 0 Å². The highest BCUT2D eigenvalue weighted by molar-refractivity contribution is 5.77. The number of methoxy groups -OCH3 is 1. The third kappa shape index (κ3) is 3.28. The Morgan fingerprint density at radius 3 is 3.05 bits per heavy atom. The number of furan rings is 1. The predicted molar refractivity (Wildman–Crippen MR) is 84.5 cm³/mol.